The lowest BCUT2D eigenvalue weighted by molar-refractivity contribution is -0.145. The number of hydrogen-bond acceptors (Lipinski definition) is 4. The summed E-state index contributed by atoms with van der Waals surface area (Å²) in [5, 5.41) is 10.8. The van der Waals surface area contributed by atoms with Gasteiger partial charge in [0.1, 0.15) is 6.61 Å². The topological polar surface area (TPSA) is 80.7 Å². The summed E-state index contributed by atoms with van der Waals surface area (Å²) in [7, 11) is 0. The van der Waals surface area contributed by atoms with Crippen molar-refractivity contribution in [1.29, 1.82) is 0 Å². The molecular formula is C19H18O5. The van der Waals surface area contributed by atoms with Gasteiger partial charge in [0, 0.05) is 12.0 Å². The van der Waals surface area contributed by atoms with E-state index in [1.54, 1.807) is 0 Å². The minimum atomic E-state index is -1.17. The summed E-state index contributed by atoms with van der Waals surface area (Å²) in [6.45, 7) is 2.96. The zero-order valence-electron chi connectivity index (χ0n) is 13.2. The van der Waals surface area contributed by atoms with E-state index in [9.17, 15) is 14.4 Å². The molecule has 0 aliphatic carbocycles. The van der Waals surface area contributed by atoms with E-state index in [2.05, 4.69) is 6.58 Å². The fraction of sp³-hybridized carbons (Fsp3) is 0.211. The number of ether oxygens (including phenoxy) is 1. The number of carbonyl (C=O) groups excluding carboxylic acids is 2. The van der Waals surface area contributed by atoms with Gasteiger partial charge >= 0.3 is 11.9 Å². The predicted octanol–water partition coefficient (Wildman–Crippen LogP) is 2.92. The number of ketones is 1. The average Bonchev–Trinajstić information content (AvgIpc) is 2.57. The van der Waals surface area contributed by atoms with Crippen LogP contribution in [0.5, 0.6) is 0 Å². The van der Waals surface area contributed by atoms with Crippen LogP contribution in [0.2, 0.25) is 0 Å². The minimum Gasteiger partial charge on any atom is -0.481 e. The fourth-order valence-corrected chi connectivity index (χ4v) is 2.36. The number of carbonyl (C=O) groups is 3. The molecule has 0 spiro atoms. The summed E-state index contributed by atoms with van der Waals surface area (Å²) in [5.74, 6) is -2.24. The molecule has 0 saturated carbocycles. The third-order valence-electron chi connectivity index (χ3n) is 3.57. The molecule has 0 amide bonds. The van der Waals surface area contributed by atoms with Gasteiger partial charge in [0.2, 0.25) is 0 Å². The highest BCUT2D eigenvalue weighted by atomic mass is 16.5. The summed E-state index contributed by atoms with van der Waals surface area (Å²) < 4.78 is 4.79. The highest BCUT2D eigenvalue weighted by Gasteiger charge is 2.14. The lowest BCUT2D eigenvalue weighted by atomic mass is 10.00. The zero-order valence-corrected chi connectivity index (χ0v) is 13.2. The van der Waals surface area contributed by atoms with Crippen LogP contribution in [0, 0.1) is 0 Å². The summed E-state index contributed by atoms with van der Waals surface area (Å²) in [5.41, 5.74) is 0.882. The Hall–Kier alpha value is -2.95. The van der Waals surface area contributed by atoms with Gasteiger partial charge in [-0.25, -0.2) is 4.79 Å². The lowest BCUT2D eigenvalue weighted by Crippen LogP contribution is -2.16. The van der Waals surface area contributed by atoms with Crippen LogP contribution >= 0.6 is 0 Å². The maximum Gasteiger partial charge on any atom is 0.334 e. The van der Waals surface area contributed by atoms with Crippen molar-refractivity contribution >= 4 is 28.5 Å². The number of benzene rings is 2. The molecule has 2 aromatic rings. The average molecular weight is 326 g/mol. The van der Waals surface area contributed by atoms with Crippen molar-refractivity contribution in [3.63, 3.8) is 0 Å². The molecular weight excluding hydrogens is 308 g/mol. The Morgan fingerprint density at radius 2 is 1.75 bits per heavy atom. The third kappa shape index (κ3) is 4.78. The van der Waals surface area contributed by atoms with Crippen molar-refractivity contribution in [3.05, 3.63) is 60.2 Å². The number of aryl methyl sites for hydroxylation is 1. The molecule has 24 heavy (non-hydrogen) atoms. The molecule has 5 nitrogen and oxygen atoms in total. The van der Waals surface area contributed by atoms with Gasteiger partial charge in [0.05, 0.1) is 6.42 Å². The molecule has 124 valence electrons. The normalized spacial score (nSPS) is 10.3. The second-order valence-corrected chi connectivity index (χ2v) is 5.43. The van der Waals surface area contributed by atoms with Crippen LogP contribution in [0.25, 0.3) is 10.8 Å². The van der Waals surface area contributed by atoms with Crippen LogP contribution in [-0.4, -0.2) is 29.4 Å². The molecule has 2 rings (SSSR count). The van der Waals surface area contributed by atoms with Crippen LogP contribution in [0.3, 0.4) is 0 Å². The maximum atomic E-state index is 11.9. The van der Waals surface area contributed by atoms with Crippen molar-refractivity contribution in [3.8, 4) is 0 Å². The lowest BCUT2D eigenvalue weighted by Gasteiger charge is -2.07. The monoisotopic (exact) mass is 326 g/mol. The van der Waals surface area contributed by atoms with Gasteiger partial charge in [-0.2, -0.15) is 0 Å². The molecule has 0 aliphatic heterocycles. The Balaban J connectivity index is 1.86. The van der Waals surface area contributed by atoms with Gasteiger partial charge in [-0.1, -0.05) is 49.0 Å². The minimum absolute atomic E-state index is 0.177. The van der Waals surface area contributed by atoms with E-state index in [0.29, 0.717) is 6.42 Å². The molecule has 0 aliphatic rings. The van der Waals surface area contributed by atoms with E-state index >= 15 is 0 Å². The summed E-state index contributed by atoms with van der Waals surface area (Å²) in [6.07, 6.45) is 0.295. The zero-order chi connectivity index (χ0) is 17.5. The largest absolute Gasteiger partial charge is 0.481 e. The van der Waals surface area contributed by atoms with Gasteiger partial charge in [-0.05, 0) is 22.8 Å². The molecule has 2 aromatic carbocycles. The Labute approximate surface area is 139 Å². The third-order valence-corrected chi connectivity index (χ3v) is 3.57. The number of carboxylic acid groups (broad SMARTS) is 1. The van der Waals surface area contributed by atoms with Gasteiger partial charge in [0.15, 0.2) is 5.78 Å². The first kappa shape index (κ1) is 17.4. The predicted molar refractivity (Wildman–Crippen MR) is 89.6 cm³/mol. The van der Waals surface area contributed by atoms with Crippen LogP contribution in [0.4, 0.5) is 0 Å². The second-order valence-electron chi connectivity index (χ2n) is 5.43. The number of Topliss-reactive ketones (excluding diaryl/α,β-unsaturated/α-hetero) is 1. The number of esters is 1. The summed E-state index contributed by atoms with van der Waals surface area (Å²) in [4.78, 5) is 33.9. The van der Waals surface area contributed by atoms with Crippen LogP contribution < -0.4 is 0 Å². The van der Waals surface area contributed by atoms with Gasteiger partial charge in [-0.15, -0.1) is 0 Å². The highest BCUT2D eigenvalue weighted by molar-refractivity contribution is 5.94. The van der Waals surface area contributed by atoms with Crippen molar-refractivity contribution < 1.29 is 24.2 Å². The van der Waals surface area contributed by atoms with Crippen molar-refractivity contribution in [1.82, 2.24) is 0 Å². The molecule has 0 saturated heterocycles. The molecule has 0 atom stereocenters. The second kappa shape index (κ2) is 8.06. The summed E-state index contributed by atoms with van der Waals surface area (Å²) >= 11 is 0. The number of aliphatic carboxylic acids is 1. The molecule has 0 radical (unpaired) electrons. The van der Waals surface area contributed by atoms with E-state index in [0.717, 1.165) is 16.3 Å². The molecule has 0 heterocycles. The molecule has 0 aromatic heterocycles. The molecule has 0 fully saturated rings. The molecule has 0 unspecified atom stereocenters. The molecule has 0 bridgehead atoms. The van der Waals surface area contributed by atoms with Crippen LogP contribution in [-0.2, 0) is 25.5 Å². The van der Waals surface area contributed by atoms with Gasteiger partial charge < -0.3 is 9.84 Å². The standard InChI is InChI=1S/C19H18O5/c1-13(11-18(21)22)19(23)24-12-16(20)10-9-15-7-4-6-14-5-2-3-8-17(14)15/h2-8H,1,9-12H2,(H,21,22). The summed E-state index contributed by atoms with van der Waals surface area (Å²) in [6, 6.07) is 13.8. The first-order chi connectivity index (χ1) is 11.5. The van der Waals surface area contributed by atoms with Crippen molar-refractivity contribution in [2.75, 3.05) is 6.61 Å². The quantitative estimate of drug-likeness (QED) is 0.596. The number of fused-ring (bicyclic) bond motifs is 1. The highest BCUT2D eigenvalue weighted by Crippen LogP contribution is 2.19. The van der Waals surface area contributed by atoms with Gasteiger partial charge in [-0.3, -0.25) is 9.59 Å². The van der Waals surface area contributed by atoms with Crippen molar-refractivity contribution in [2.45, 2.75) is 19.3 Å². The number of carboxylic acids is 1. The fourth-order valence-electron chi connectivity index (χ4n) is 2.36. The Morgan fingerprint density at radius 1 is 1.04 bits per heavy atom. The first-order valence-corrected chi connectivity index (χ1v) is 7.52. The maximum absolute atomic E-state index is 11.9. The van der Waals surface area contributed by atoms with E-state index in [1.807, 2.05) is 42.5 Å². The first-order valence-electron chi connectivity index (χ1n) is 7.52. The smallest absolute Gasteiger partial charge is 0.334 e. The number of rotatable bonds is 8. The van der Waals surface area contributed by atoms with Crippen LogP contribution in [0.15, 0.2) is 54.6 Å². The van der Waals surface area contributed by atoms with Crippen LogP contribution in [0.1, 0.15) is 18.4 Å². The number of hydrogen-bond donors (Lipinski definition) is 1. The Bertz CT molecular complexity index is 786. The SMILES string of the molecule is C=C(CC(=O)O)C(=O)OCC(=O)CCc1cccc2ccccc12. The van der Waals surface area contributed by atoms with Gasteiger partial charge in [0.25, 0.3) is 0 Å². The Kier molecular flexibility index (Phi) is 5.84. The van der Waals surface area contributed by atoms with Crippen molar-refractivity contribution in [2.24, 2.45) is 0 Å². The Morgan fingerprint density at radius 3 is 2.50 bits per heavy atom. The van der Waals surface area contributed by atoms with E-state index in [4.69, 9.17) is 9.84 Å². The van der Waals surface area contributed by atoms with E-state index in [-0.39, 0.29) is 24.4 Å². The molecule has 1 N–H and O–H groups in total. The van der Waals surface area contributed by atoms with E-state index < -0.39 is 18.4 Å². The molecule has 5 heteroatoms. The van der Waals surface area contributed by atoms with E-state index in [1.165, 1.54) is 0 Å².